The smallest absolute Gasteiger partial charge is 0.312 e. The second kappa shape index (κ2) is 9.71. The minimum Gasteiger partial charge on any atom is -0.497 e. The van der Waals surface area contributed by atoms with Gasteiger partial charge < -0.3 is 14.4 Å². The number of hydrogen-bond donors (Lipinski definition) is 0. The van der Waals surface area contributed by atoms with Gasteiger partial charge in [-0.25, -0.2) is 4.39 Å². The van der Waals surface area contributed by atoms with E-state index in [-0.39, 0.29) is 36.7 Å². The van der Waals surface area contributed by atoms with Crippen LogP contribution < -0.4 is 9.64 Å². The molecule has 158 valence electrons. The number of alkyl halides is 1. The fourth-order valence-electron chi connectivity index (χ4n) is 3.26. The summed E-state index contributed by atoms with van der Waals surface area (Å²) in [5.41, 5.74) is 0.873. The van der Waals surface area contributed by atoms with Gasteiger partial charge in [0.05, 0.1) is 13.0 Å². The van der Waals surface area contributed by atoms with Crippen LogP contribution in [0.2, 0.25) is 0 Å². The Hall–Kier alpha value is -2.93. The number of halogens is 2. The standard InChI is InChI=1S/C22H21ClFNO5/c1-29-18-8-6-17(7-9-18)25-13-15(12-20(25)26)22(28)30-19(10-11-23)21(27)14-2-4-16(24)5-3-14/h2-9,15,19H,10-13H2,1H3/t15-,19+/m0/s1. The molecule has 1 heterocycles. The number of hydrogen-bond acceptors (Lipinski definition) is 5. The summed E-state index contributed by atoms with van der Waals surface area (Å²) in [5, 5.41) is 0. The van der Waals surface area contributed by atoms with Gasteiger partial charge in [-0.15, -0.1) is 11.6 Å². The Kier molecular flexibility index (Phi) is 7.05. The molecule has 3 rings (SSSR count). The fourth-order valence-corrected chi connectivity index (χ4v) is 3.45. The Balaban J connectivity index is 1.67. The van der Waals surface area contributed by atoms with E-state index < -0.39 is 29.6 Å². The van der Waals surface area contributed by atoms with Crippen molar-refractivity contribution >= 4 is 34.9 Å². The summed E-state index contributed by atoms with van der Waals surface area (Å²) in [6, 6.07) is 11.9. The number of nitrogens with zero attached hydrogens (tertiary/aromatic N) is 1. The third kappa shape index (κ3) is 4.97. The molecule has 2 aromatic carbocycles. The Bertz CT molecular complexity index is 916. The van der Waals surface area contributed by atoms with Crippen LogP contribution in [0, 0.1) is 11.7 Å². The van der Waals surface area contributed by atoms with Crippen molar-refractivity contribution in [2.75, 3.05) is 24.4 Å². The molecule has 0 unspecified atom stereocenters. The lowest BCUT2D eigenvalue weighted by atomic mass is 10.0. The van der Waals surface area contributed by atoms with E-state index in [0.717, 1.165) is 12.1 Å². The molecule has 0 radical (unpaired) electrons. The molecule has 1 aliphatic heterocycles. The maximum atomic E-state index is 13.1. The number of anilines is 1. The van der Waals surface area contributed by atoms with Crippen molar-refractivity contribution in [3.05, 3.63) is 59.9 Å². The van der Waals surface area contributed by atoms with Gasteiger partial charge in [-0.05, 0) is 48.5 Å². The van der Waals surface area contributed by atoms with Crippen molar-refractivity contribution < 1.29 is 28.2 Å². The fraction of sp³-hybridized carbons (Fsp3) is 0.318. The number of carbonyl (C=O) groups excluding carboxylic acids is 3. The highest BCUT2D eigenvalue weighted by Crippen LogP contribution is 2.28. The van der Waals surface area contributed by atoms with Crippen molar-refractivity contribution in [1.29, 1.82) is 0 Å². The molecule has 2 atom stereocenters. The van der Waals surface area contributed by atoms with Crippen molar-refractivity contribution in [3.63, 3.8) is 0 Å². The molecule has 6 nitrogen and oxygen atoms in total. The molecule has 1 fully saturated rings. The molecule has 1 amide bonds. The first kappa shape index (κ1) is 21.8. The van der Waals surface area contributed by atoms with E-state index in [9.17, 15) is 18.8 Å². The number of benzene rings is 2. The summed E-state index contributed by atoms with van der Waals surface area (Å²) in [6.45, 7) is 0.155. The summed E-state index contributed by atoms with van der Waals surface area (Å²) in [6.07, 6.45) is -0.985. The predicted octanol–water partition coefficient (Wildman–Crippen LogP) is 3.61. The van der Waals surface area contributed by atoms with Crippen LogP contribution in [-0.4, -0.2) is 43.3 Å². The molecule has 0 N–H and O–H groups in total. The molecule has 0 bridgehead atoms. The minimum atomic E-state index is -1.09. The average Bonchev–Trinajstić information content (AvgIpc) is 3.15. The molecule has 0 spiro atoms. The van der Waals surface area contributed by atoms with Crippen LogP contribution in [0.1, 0.15) is 23.2 Å². The maximum Gasteiger partial charge on any atom is 0.312 e. The Labute approximate surface area is 178 Å². The van der Waals surface area contributed by atoms with Crippen LogP contribution in [-0.2, 0) is 14.3 Å². The molecular weight excluding hydrogens is 413 g/mol. The van der Waals surface area contributed by atoms with Crippen LogP contribution in [0.25, 0.3) is 0 Å². The summed E-state index contributed by atoms with van der Waals surface area (Å²) in [7, 11) is 1.55. The normalized spacial score (nSPS) is 17.0. The topological polar surface area (TPSA) is 72.9 Å². The Morgan fingerprint density at radius 3 is 2.43 bits per heavy atom. The molecule has 1 aliphatic rings. The zero-order valence-corrected chi connectivity index (χ0v) is 17.1. The first-order valence-electron chi connectivity index (χ1n) is 9.43. The molecule has 0 aromatic heterocycles. The van der Waals surface area contributed by atoms with Gasteiger partial charge in [0, 0.05) is 36.5 Å². The van der Waals surface area contributed by atoms with Crippen LogP contribution in [0.3, 0.4) is 0 Å². The number of Topliss-reactive ketones (excluding diaryl/α,β-unsaturated/α-hetero) is 1. The Morgan fingerprint density at radius 1 is 1.17 bits per heavy atom. The lowest BCUT2D eigenvalue weighted by molar-refractivity contribution is -0.151. The van der Waals surface area contributed by atoms with Crippen molar-refractivity contribution in [1.82, 2.24) is 0 Å². The van der Waals surface area contributed by atoms with Gasteiger partial charge in [-0.2, -0.15) is 0 Å². The van der Waals surface area contributed by atoms with Gasteiger partial charge in [-0.1, -0.05) is 0 Å². The highest BCUT2D eigenvalue weighted by molar-refractivity contribution is 6.18. The molecule has 1 saturated heterocycles. The van der Waals surface area contributed by atoms with Crippen molar-refractivity contribution in [2.24, 2.45) is 5.92 Å². The number of ether oxygens (including phenoxy) is 2. The third-order valence-corrected chi connectivity index (χ3v) is 5.11. The first-order chi connectivity index (χ1) is 14.4. The summed E-state index contributed by atoms with van der Waals surface area (Å²) >= 11 is 5.77. The molecule has 30 heavy (non-hydrogen) atoms. The van der Waals surface area contributed by atoms with Crippen molar-refractivity contribution in [3.8, 4) is 5.75 Å². The highest BCUT2D eigenvalue weighted by Gasteiger charge is 2.38. The van der Waals surface area contributed by atoms with Crippen LogP contribution in [0.5, 0.6) is 5.75 Å². The van der Waals surface area contributed by atoms with Crippen LogP contribution in [0.15, 0.2) is 48.5 Å². The van der Waals surface area contributed by atoms with Gasteiger partial charge in [0.1, 0.15) is 11.6 Å². The van der Waals surface area contributed by atoms with E-state index in [0.29, 0.717) is 11.4 Å². The van der Waals surface area contributed by atoms with E-state index in [1.807, 2.05) is 0 Å². The molecule has 8 heteroatoms. The third-order valence-electron chi connectivity index (χ3n) is 4.89. The average molecular weight is 434 g/mol. The lowest BCUT2D eigenvalue weighted by Gasteiger charge is -2.19. The van der Waals surface area contributed by atoms with E-state index in [1.54, 1.807) is 31.4 Å². The van der Waals surface area contributed by atoms with Crippen LogP contribution >= 0.6 is 11.6 Å². The quantitative estimate of drug-likeness (QED) is 0.361. The van der Waals surface area contributed by atoms with Gasteiger partial charge >= 0.3 is 5.97 Å². The number of esters is 1. The zero-order chi connectivity index (χ0) is 21.7. The summed E-state index contributed by atoms with van der Waals surface area (Å²) in [4.78, 5) is 39.2. The monoisotopic (exact) mass is 433 g/mol. The molecular formula is C22H21ClFNO5. The number of carbonyl (C=O) groups is 3. The molecule has 0 aliphatic carbocycles. The SMILES string of the molecule is COc1ccc(N2C[C@@H](C(=O)O[C@H](CCCl)C(=O)c3ccc(F)cc3)CC2=O)cc1. The number of methoxy groups -OCH3 is 1. The predicted molar refractivity (Wildman–Crippen MR) is 109 cm³/mol. The summed E-state index contributed by atoms with van der Waals surface area (Å²) in [5.74, 6) is -1.71. The second-order valence-corrected chi connectivity index (χ2v) is 7.26. The van der Waals surface area contributed by atoms with E-state index in [2.05, 4.69) is 0 Å². The Morgan fingerprint density at radius 2 is 1.83 bits per heavy atom. The molecule has 0 saturated carbocycles. The largest absolute Gasteiger partial charge is 0.497 e. The number of rotatable bonds is 8. The second-order valence-electron chi connectivity index (χ2n) is 6.88. The summed E-state index contributed by atoms with van der Waals surface area (Å²) < 4.78 is 23.6. The lowest BCUT2D eigenvalue weighted by Crippen LogP contribution is -2.32. The first-order valence-corrected chi connectivity index (χ1v) is 9.97. The van der Waals surface area contributed by atoms with Crippen molar-refractivity contribution in [2.45, 2.75) is 18.9 Å². The maximum absolute atomic E-state index is 13.1. The van der Waals surface area contributed by atoms with E-state index >= 15 is 0 Å². The van der Waals surface area contributed by atoms with Gasteiger partial charge in [-0.3, -0.25) is 14.4 Å². The zero-order valence-electron chi connectivity index (χ0n) is 16.3. The van der Waals surface area contributed by atoms with Crippen LogP contribution in [0.4, 0.5) is 10.1 Å². The number of amides is 1. The van der Waals surface area contributed by atoms with Gasteiger partial charge in [0.15, 0.2) is 6.10 Å². The van der Waals surface area contributed by atoms with E-state index in [4.69, 9.17) is 21.1 Å². The van der Waals surface area contributed by atoms with Gasteiger partial charge in [0.2, 0.25) is 11.7 Å². The minimum absolute atomic E-state index is 0.0107. The van der Waals surface area contributed by atoms with E-state index in [1.165, 1.54) is 17.0 Å². The number of ketones is 1. The van der Waals surface area contributed by atoms with Gasteiger partial charge in [0.25, 0.3) is 0 Å². The molecule has 2 aromatic rings. The highest BCUT2D eigenvalue weighted by atomic mass is 35.5.